The minimum atomic E-state index is -0.259. The first-order valence-corrected chi connectivity index (χ1v) is 30.3. The largest absolute Gasteiger partial charge is 0.456 e. The van der Waals surface area contributed by atoms with Gasteiger partial charge >= 0.3 is 6.85 Å². The molecule has 5 nitrogen and oxygen atoms in total. The van der Waals surface area contributed by atoms with Crippen LogP contribution in [0.1, 0.15) is 105 Å². The van der Waals surface area contributed by atoms with E-state index >= 15 is 0 Å². The molecule has 83 heavy (non-hydrogen) atoms. The molecule has 0 bridgehead atoms. The van der Waals surface area contributed by atoms with Gasteiger partial charge in [-0.3, -0.25) is 0 Å². The van der Waals surface area contributed by atoms with Crippen molar-refractivity contribution >= 4 is 143 Å². The molecule has 10 aromatic carbocycles. The molecule has 4 aromatic heterocycles. The second-order valence-electron chi connectivity index (χ2n) is 27.8. The lowest BCUT2D eigenvalue weighted by Crippen LogP contribution is -2.60. The van der Waals surface area contributed by atoms with Crippen molar-refractivity contribution < 1.29 is 8.83 Å². The predicted molar refractivity (Wildman–Crippen MR) is 357 cm³/mol. The Bertz CT molecular complexity index is 5000. The Morgan fingerprint density at radius 1 is 0.422 bits per heavy atom. The first kappa shape index (κ1) is 50.2. The fraction of sp³-hybridized carbons (Fsp3) is 0.211. The van der Waals surface area contributed by atoms with Crippen LogP contribution in [0.5, 0.6) is 0 Å². The molecule has 6 heterocycles. The summed E-state index contributed by atoms with van der Waals surface area (Å²) >= 11 is 1.89. The number of hydrogen-bond donors (Lipinski definition) is 0. The maximum Gasteiger partial charge on any atom is 0.333 e. The Labute approximate surface area is 489 Å². The molecule has 0 N–H and O–H groups in total. The van der Waals surface area contributed by atoms with E-state index in [1.807, 2.05) is 11.3 Å². The van der Waals surface area contributed by atoms with Gasteiger partial charge in [-0.1, -0.05) is 162 Å². The smallest absolute Gasteiger partial charge is 0.333 e. The molecule has 0 radical (unpaired) electrons. The van der Waals surface area contributed by atoms with Crippen molar-refractivity contribution in [3.05, 3.63) is 204 Å². The molecule has 0 aliphatic carbocycles. The van der Waals surface area contributed by atoms with Crippen LogP contribution in [0.25, 0.3) is 103 Å². The molecule has 406 valence electrons. The Kier molecular flexibility index (Phi) is 10.3. The highest BCUT2D eigenvalue weighted by molar-refractivity contribution is 7.25. The molecule has 0 unspecified atom stereocenters. The zero-order valence-corrected chi connectivity index (χ0v) is 50.3. The first-order valence-electron chi connectivity index (χ1n) is 29.5. The van der Waals surface area contributed by atoms with Crippen LogP contribution >= 0.6 is 11.3 Å². The molecule has 0 saturated heterocycles. The summed E-state index contributed by atoms with van der Waals surface area (Å²) in [7, 11) is 0. The third-order valence-electron chi connectivity index (χ3n) is 18.4. The number of anilines is 5. The van der Waals surface area contributed by atoms with E-state index in [0.29, 0.717) is 0 Å². The Morgan fingerprint density at radius 3 is 1.61 bits per heavy atom. The van der Waals surface area contributed by atoms with Gasteiger partial charge in [0.05, 0.1) is 16.4 Å². The summed E-state index contributed by atoms with van der Waals surface area (Å²) in [6.07, 6.45) is 0. The van der Waals surface area contributed by atoms with Gasteiger partial charge in [0.1, 0.15) is 22.3 Å². The third kappa shape index (κ3) is 7.39. The van der Waals surface area contributed by atoms with Crippen LogP contribution in [-0.4, -0.2) is 11.4 Å². The van der Waals surface area contributed by atoms with E-state index in [1.165, 1.54) is 86.3 Å². The quantitative estimate of drug-likeness (QED) is 0.165. The Morgan fingerprint density at radius 2 is 0.976 bits per heavy atom. The van der Waals surface area contributed by atoms with Crippen LogP contribution in [0.15, 0.2) is 191 Å². The van der Waals surface area contributed by atoms with Gasteiger partial charge in [0.25, 0.3) is 0 Å². The standard InChI is InChI=1S/C76H66BN3O2S/c1-73(2,3)43-21-28-47(29-22-43)78(48-30-23-44(24-31-48)74(4,5)6)50-34-36-65-54(38-50)55-40-60-57(41-66(55)83-65)67-68-52-18-14-16-20-63(52)82-72(68)69-56-37-46(76(10,11)12)27-35-59(56)79-61-39-53-51-17-13-15-19-62(51)81-64(53)42-58(61)77(70(67)71(69)79)80(60)49-32-25-45(26-33-49)75(7,8)9/h13-42H,1-12H3. The van der Waals surface area contributed by atoms with E-state index in [0.717, 1.165) is 78.0 Å². The van der Waals surface area contributed by atoms with Crippen molar-refractivity contribution in [1.29, 1.82) is 0 Å². The van der Waals surface area contributed by atoms with E-state index < -0.39 is 0 Å². The summed E-state index contributed by atoms with van der Waals surface area (Å²) in [5.74, 6) is 0. The minimum absolute atomic E-state index is 0.0289. The molecular formula is C76H66BN3O2S. The van der Waals surface area contributed by atoms with E-state index in [9.17, 15) is 0 Å². The molecule has 2 aliphatic heterocycles. The molecule has 14 aromatic rings. The summed E-state index contributed by atoms with van der Waals surface area (Å²) < 4.78 is 19.3. The van der Waals surface area contributed by atoms with Crippen LogP contribution in [-0.2, 0) is 21.7 Å². The van der Waals surface area contributed by atoms with Gasteiger partial charge in [0.2, 0.25) is 0 Å². The molecule has 2 aliphatic rings. The van der Waals surface area contributed by atoms with Crippen molar-refractivity contribution in [3.8, 4) is 16.8 Å². The van der Waals surface area contributed by atoms with Gasteiger partial charge in [-0.25, -0.2) is 0 Å². The summed E-state index contributed by atoms with van der Waals surface area (Å²) in [5, 5.41) is 9.35. The van der Waals surface area contributed by atoms with Crippen molar-refractivity contribution in [3.63, 3.8) is 0 Å². The van der Waals surface area contributed by atoms with Gasteiger partial charge in [0, 0.05) is 86.8 Å². The minimum Gasteiger partial charge on any atom is -0.456 e. The van der Waals surface area contributed by atoms with Gasteiger partial charge in [-0.2, -0.15) is 0 Å². The van der Waals surface area contributed by atoms with E-state index in [2.05, 4.69) is 279 Å². The average Bonchev–Trinajstić information content (AvgIpc) is 1.66. The lowest BCUT2D eigenvalue weighted by atomic mass is 9.43. The van der Waals surface area contributed by atoms with Crippen molar-refractivity contribution in [2.75, 3.05) is 9.71 Å². The monoisotopic (exact) mass is 1100 g/mol. The predicted octanol–water partition coefficient (Wildman–Crippen LogP) is 20.8. The van der Waals surface area contributed by atoms with Crippen LogP contribution in [0.4, 0.5) is 28.4 Å². The molecular weight excluding hydrogens is 1030 g/mol. The zero-order chi connectivity index (χ0) is 57.0. The molecule has 0 atom stereocenters. The van der Waals surface area contributed by atoms with Crippen LogP contribution in [0.3, 0.4) is 0 Å². The SMILES string of the molecule is CC(C)(C)c1ccc(N2B3c4cc5oc6ccccc6c5cc4-n4c5ccc(C(C)(C)C)cc5c5c6oc7ccccc7c6c(c3c54)-c3cc4sc5ccc(N(c6ccc(C(C)(C)C)cc6)c6ccc(C(C)(C)C)cc6)cc5c4cc32)cc1. The van der Waals surface area contributed by atoms with Crippen LogP contribution < -0.4 is 20.6 Å². The molecule has 7 heteroatoms. The third-order valence-corrected chi connectivity index (χ3v) is 19.5. The Hall–Kier alpha value is -8.52. The fourth-order valence-electron chi connectivity index (χ4n) is 13.9. The van der Waals surface area contributed by atoms with Crippen molar-refractivity contribution in [2.24, 2.45) is 0 Å². The number of nitrogens with zero attached hydrogens (tertiary/aromatic N) is 3. The summed E-state index contributed by atoms with van der Waals surface area (Å²) in [5.41, 5.74) is 22.9. The summed E-state index contributed by atoms with van der Waals surface area (Å²) in [4.78, 5) is 5.12. The maximum atomic E-state index is 7.36. The zero-order valence-electron chi connectivity index (χ0n) is 49.5. The van der Waals surface area contributed by atoms with Gasteiger partial charge in [-0.15, -0.1) is 11.3 Å². The number of furan rings is 2. The number of fused-ring (bicyclic) bond motifs is 19. The van der Waals surface area contributed by atoms with Crippen molar-refractivity contribution in [2.45, 2.75) is 105 Å². The average molecular weight is 1100 g/mol. The topological polar surface area (TPSA) is 37.7 Å². The van der Waals surface area contributed by atoms with E-state index in [-0.39, 0.29) is 28.5 Å². The number of benzene rings is 10. The van der Waals surface area contributed by atoms with Gasteiger partial charge in [0.15, 0.2) is 0 Å². The maximum absolute atomic E-state index is 7.36. The molecule has 0 fully saturated rings. The normalized spacial score (nSPS) is 13.7. The van der Waals surface area contributed by atoms with E-state index in [1.54, 1.807) is 0 Å². The van der Waals surface area contributed by atoms with Crippen molar-refractivity contribution in [1.82, 2.24) is 4.57 Å². The number of hydrogen-bond acceptors (Lipinski definition) is 5. The highest BCUT2D eigenvalue weighted by Crippen LogP contribution is 2.54. The molecule has 0 spiro atoms. The van der Waals surface area contributed by atoms with E-state index in [4.69, 9.17) is 8.83 Å². The highest BCUT2D eigenvalue weighted by atomic mass is 32.1. The van der Waals surface area contributed by atoms with Crippen LogP contribution in [0.2, 0.25) is 0 Å². The molecule has 16 rings (SSSR count). The molecule has 0 amide bonds. The summed E-state index contributed by atoms with van der Waals surface area (Å²) in [6, 6.07) is 69.2. The summed E-state index contributed by atoms with van der Waals surface area (Å²) in [6.45, 7) is 27.3. The number of thiophene rings is 1. The fourth-order valence-corrected chi connectivity index (χ4v) is 15.0. The number of rotatable bonds is 4. The number of para-hydroxylation sites is 2. The van der Waals surface area contributed by atoms with Gasteiger partial charge in [-0.05, 0) is 164 Å². The lowest BCUT2D eigenvalue weighted by molar-refractivity contribution is 0.590. The second-order valence-corrected chi connectivity index (χ2v) is 28.9. The highest BCUT2D eigenvalue weighted by Gasteiger charge is 2.47. The first-order chi connectivity index (χ1) is 39.7. The lowest BCUT2D eigenvalue weighted by Gasteiger charge is -2.42. The number of aromatic nitrogens is 1. The molecule has 0 saturated carbocycles. The van der Waals surface area contributed by atoms with Crippen LogP contribution in [0, 0.1) is 0 Å². The Balaban J connectivity index is 1.03. The second kappa shape index (κ2) is 17.0. The van der Waals surface area contributed by atoms with Gasteiger partial charge < -0.3 is 23.1 Å².